The first-order valence-electron chi connectivity index (χ1n) is 8.05. The Balaban J connectivity index is 1.97. The third-order valence-corrected chi connectivity index (χ3v) is 5.20. The molecule has 3 nitrogen and oxygen atoms in total. The van der Waals surface area contributed by atoms with Gasteiger partial charge in [-0.1, -0.05) is 27.7 Å². The molecule has 112 valence electrons. The molecule has 2 aliphatic rings. The Labute approximate surface area is 119 Å². The lowest BCUT2D eigenvalue weighted by atomic mass is 9.63. The quantitative estimate of drug-likeness (QED) is 0.848. The van der Waals surface area contributed by atoms with Gasteiger partial charge in [0.15, 0.2) is 0 Å². The van der Waals surface area contributed by atoms with Crippen molar-refractivity contribution in [3.05, 3.63) is 0 Å². The zero-order valence-corrected chi connectivity index (χ0v) is 13.4. The SMILES string of the molecule is CCOC1CC(N2CCCNC(C(C)C)C2)C1(C)C. The van der Waals surface area contributed by atoms with Gasteiger partial charge < -0.3 is 10.1 Å². The molecule has 2 rings (SSSR count). The van der Waals surface area contributed by atoms with Crippen molar-refractivity contribution in [3.8, 4) is 0 Å². The summed E-state index contributed by atoms with van der Waals surface area (Å²) in [6.07, 6.45) is 2.94. The first-order valence-corrected chi connectivity index (χ1v) is 8.05. The van der Waals surface area contributed by atoms with Crippen LogP contribution in [-0.2, 0) is 4.74 Å². The Morgan fingerprint density at radius 3 is 2.68 bits per heavy atom. The summed E-state index contributed by atoms with van der Waals surface area (Å²) in [5.74, 6) is 0.714. The van der Waals surface area contributed by atoms with Crippen LogP contribution in [0.3, 0.4) is 0 Å². The van der Waals surface area contributed by atoms with Gasteiger partial charge in [0.25, 0.3) is 0 Å². The topological polar surface area (TPSA) is 24.5 Å². The smallest absolute Gasteiger partial charge is 0.0655 e. The van der Waals surface area contributed by atoms with Gasteiger partial charge in [-0.05, 0) is 38.8 Å². The number of hydrogen-bond donors (Lipinski definition) is 1. The molecular formula is C16H32N2O. The Bertz CT molecular complexity index is 290. The highest BCUT2D eigenvalue weighted by Crippen LogP contribution is 2.46. The van der Waals surface area contributed by atoms with Gasteiger partial charge in [-0.3, -0.25) is 4.90 Å². The molecule has 0 amide bonds. The molecule has 3 heteroatoms. The van der Waals surface area contributed by atoms with Gasteiger partial charge in [-0.25, -0.2) is 0 Å². The fourth-order valence-corrected chi connectivity index (χ4v) is 3.68. The van der Waals surface area contributed by atoms with E-state index in [9.17, 15) is 0 Å². The summed E-state index contributed by atoms with van der Waals surface area (Å²) in [4.78, 5) is 2.72. The van der Waals surface area contributed by atoms with Crippen LogP contribution in [0.2, 0.25) is 0 Å². The molecule has 1 heterocycles. The summed E-state index contributed by atoms with van der Waals surface area (Å²) >= 11 is 0. The lowest BCUT2D eigenvalue weighted by molar-refractivity contribution is -0.150. The van der Waals surface area contributed by atoms with Gasteiger partial charge in [-0.15, -0.1) is 0 Å². The number of hydrogen-bond acceptors (Lipinski definition) is 3. The van der Waals surface area contributed by atoms with E-state index in [4.69, 9.17) is 4.74 Å². The molecule has 0 spiro atoms. The maximum Gasteiger partial charge on any atom is 0.0655 e. The zero-order chi connectivity index (χ0) is 14.0. The molecule has 0 radical (unpaired) electrons. The van der Waals surface area contributed by atoms with E-state index in [1.807, 2.05) is 0 Å². The van der Waals surface area contributed by atoms with Crippen molar-refractivity contribution in [1.29, 1.82) is 0 Å². The molecule has 0 aromatic rings. The van der Waals surface area contributed by atoms with E-state index in [1.54, 1.807) is 0 Å². The lowest BCUT2D eigenvalue weighted by Gasteiger charge is -2.56. The van der Waals surface area contributed by atoms with Gasteiger partial charge in [0.05, 0.1) is 6.10 Å². The predicted molar refractivity (Wildman–Crippen MR) is 80.4 cm³/mol. The van der Waals surface area contributed by atoms with Crippen LogP contribution in [0.1, 0.15) is 47.5 Å². The fourth-order valence-electron chi connectivity index (χ4n) is 3.68. The minimum absolute atomic E-state index is 0.307. The van der Waals surface area contributed by atoms with Gasteiger partial charge in [0, 0.05) is 30.7 Å². The van der Waals surface area contributed by atoms with Crippen molar-refractivity contribution in [3.63, 3.8) is 0 Å². The molecule has 0 bridgehead atoms. The van der Waals surface area contributed by atoms with Crippen molar-refractivity contribution < 1.29 is 4.74 Å². The molecule has 0 aromatic carbocycles. The van der Waals surface area contributed by atoms with E-state index < -0.39 is 0 Å². The fraction of sp³-hybridized carbons (Fsp3) is 1.00. The minimum atomic E-state index is 0.307. The van der Waals surface area contributed by atoms with Gasteiger partial charge in [0.1, 0.15) is 0 Å². The second-order valence-corrected chi connectivity index (χ2v) is 7.17. The Kier molecular flexibility index (Phi) is 4.91. The van der Waals surface area contributed by atoms with Crippen molar-refractivity contribution in [2.45, 2.75) is 65.6 Å². The molecule has 3 unspecified atom stereocenters. The molecule has 1 aliphatic heterocycles. The lowest BCUT2D eigenvalue weighted by Crippen LogP contribution is -2.63. The van der Waals surface area contributed by atoms with Crippen LogP contribution in [0.25, 0.3) is 0 Å². The Morgan fingerprint density at radius 2 is 2.11 bits per heavy atom. The van der Waals surface area contributed by atoms with Crippen LogP contribution in [0, 0.1) is 11.3 Å². The second kappa shape index (κ2) is 6.11. The van der Waals surface area contributed by atoms with Crippen LogP contribution >= 0.6 is 0 Å². The summed E-state index contributed by atoms with van der Waals surface area (Å²) in [6, 6.07) is 1.34. The summed E-state index contributed by atoms with van der Waals surface area (Å²) in [5.41, 5.74) is 0.307. The van der Waals surface area contributed by atoms with Crippen molar-refractivity contribution in [2.75, 3.05) is 26.2 Å². The third kappa shape index (κ3) is 3.14. The van der Waals surface area contributed by atoms with Crippen molar-refractivity contribution >= 4 is 0 Å². The van der Waals surface area contributed by atoms with E-state index in [-0.39, 0.29) is 0 Å². The minimum Gasteiger partial charge on any atom is -0.378 e. The molecule has 0 aromatic heterocycles. The van der Waals surface area contributed by atoms with Crippen LogP contribution in [0.15, 0.2) is 0 Å². The summed E-state index contributed by atoms with van der Waals surface area (Å²) in [7, 11) is 0. The maximum atomic E-state index is 5.88. The number of ether oxygens (including phenoxy) is 1. The highest BCUT2D eigenvalue weighted by atomic mass is 16.5. The highest BCUT2D eigenvalue weighted by Gasteiger charge is 2.51. The summed E-state index contributed by atoms with van der Waals surface area (Å²) < 4.78 is 5.88. The number of rotatable bonds is 4. The maximum absolute atomic E-state index is 5.88. The molecular weight excluding hydrogens is 236 g/mol. The van der Waals surface area contributed by atoms with E-state index in [2.05, 4.69) is 44.8 Å². The molecule has 1 saturated heterocycles. The van der Waals surface area contributed by atoms with E-state index in [0.29, 0.717) is 29.5 Å². The van der Waals surface area contributed by atoms with Crippen molar-refractivity contribution in [2.24, 2.45) is 11.3 Å². The summed E-state index contributed by atoms with van der Waals surface area (Å²) in [5, 5.41) is 3.70. The zero-order valence-electron chi connectivity index (χ0n) is 13.4. The molecule has 1 N–H and O–H groups in total. The van der Waals surface area contributed by atoms with E-state index in [1.165, 1.54) is 32.5 Å². The third-order valence-electron chi connectivity index (χ3n) is 5.20. The molecule has 19 heavy (non-hydrogen) atoms. The Morgan fingerprint density at radius 1 is 1.37 bits per heavy atom. The normalized spacial score (nSPS) is 36.0. The first-order chi connectivity index (χ1) is 8.96. The average Bonchev–Trinajstić information content (AvgIpc) is 2.59. The Hall–Kier alpha value is -0.120. The molecule has 1 aliphatic carbocycles. The average molecular weight is 268 g/mol. The van der Waals surface area contributed by atoms with E-state index >= 15 is 0 Å². The molecule has 2 fully saturated rings. The van der Waals surface area contributed by atoms with Gasteiger partial charge in [-0.2, -0.15) is 0 Å². The van der Waals surface area contributed by atoms with Crippen LogP contribution in [0.4, 0.5) is 0 Å². The van der Waals surface area contributed by atoms with Crippen LogP contribution < -0.4 is 5.32 Å². The molecule has 3 atom stereocenters. The largest absolute Gasteiger partial charge is 0.378 e. The van der Waals surface area contributed by atoms with Crippen molar-refractivity contribution in [1.82, 2.24) is 10.2 Å². The second-order valence-electron chi connectivity index (χ2n) is 7.17. The first kappa shape index (κ1) is 15.3. The van der Waals surface area contributed by atoms with Gasteiger partial charge in [0.2, 0.25) is 0 Å². The number of nitrogens with zero attached hydrogens (tertiary/aromatic N) is 1. The standard InChI is InChI=1S/C16H32N2O/c1-6-19-15-10-14(16(15,4)5)18-9-7-8-17-13(11-18)12(2)3/h12-15,17H,6-11H2,1-5H3. The number of nitrogens with one attached hydrogen (secondary N) is 1. The van der Waals surface area contributed by atoms with Crippen LogP contribution in [-0.4, -0.2) is 49.3 Å². The van der Waals surface area contributed by atoms with E-state index in [0.717, 1.165) is 6.61 Å². The summed E-state index contributed by atoms with van der Waals surface area (Å²) in [6.45, 7) is 16.0. The highest BCUT2D eigenvalue weighted by molar-refractivity contribution is 5.04. The molecule has 1 saturated carbocycles. The van der Waals surface area contributed by atoms with Gasteiger partial charge >= 0.3 is 0 Å². The monoisotopic (exact) mass is 268 g/mol. The predicted octanol–water partition coefficient (Wildman–Crippen LogP) is 2.51. The van der Waals surface area contributed by atoms with Crippen LogP contribution in [0.5, 0.6) is 0 Å².